The van der Waals surface area contributed by atoms with Gasteiger partial charge in [0.15, 0.2) is 0 Å². The molecule has 2 atom stereocenters. The maximum absolute atomic E-state index is 12.6. The first-order valence-electron chi connectivity index (χ1n) is 6.66. The summed E-state index contributed by atoms with van der Waals surface area (Å²) < 4.78 is 28.3. The number of carbonyl (C=O) groups excluding carboxylic acids is 1. The van der Waals surface area contributed by atoms with Gasteiger partial charge in [-0.15, -0.1) is 0 Å². The number of amides is 1. The van der Waals surface area contributed by atoms with Gasteiger partial charge < -0.3 is 9.64 Å². The average molecular weight is 332 g/mol. The molecule has 1 heterocycles. The lowest BCUT2D eigenvalue weighted by Gasteiger charge is -2.27. The van der Waals surface area contributed by atoms with E-state index in [-0.39, 0.29) is 22.9 Å². The quantitative estimate of drug-likeness (QED) is 0.796. The van der Waals surface area contributed by atoms with Crippen LogP contribution in [0, 0.1) is 6.92 Å². The van der Waals surface area contributed by atoms with Gasteiger partial charge in [-0.05, 0) is 38.0 Å². The largest absolute Gasteiger partial charge is 0.376 e. The Hall–Kier alpha value is -1.11. The van der Waals surface area contributed by atoms with E-state index < -0.39 is 9.05 Å². The number of hydrogen-bond donors (Lipinski definition) is 0. The zero-order chi connectivity index (χ0) is 15.8. The van der Waals surface area contributed by atoms with E-state index in [0.717, 1.165) is 6.42 Å². The second-order valence-electron chi connectivity index (χ2n) is 5.26. The molecule has 0 aromatic heterocycles. The number of rotatable bonds is 3. The molecule has 116 valence electrons. The standard InChI is InChI=1S/C14H18ClNO4S/c1-9-4-5-11(21(15,18)19)8-12(9)14(17)16(3)13-6-7-20-10(13)2/h4-5,8,10,13H,6-7H2,1-3H3. The van der Waals surface area contributed by atoms with Crippen molar-refractivity contribution >= 4 is 25.6 Å². The summed E-state index contributed by atoms with van der Waals surface area (Å²) in [5.74, 6) is -0.225. The lowest BCUT2D eigenvalue weighted by Crippen LogP contribution is -2.41. The molecule has 0 spiro atoms. The lowest BCUT2D eigenvalue weighted by atomic mass is 10.1. The van der Waals surface area contributed by atoms with Crippen LogP contribution in [0.3, 0.4) is 0 Å². The number of aryl methyl sites for hydroxylation is 1. The van der Waals surface area contributed by atoms with Gasteiger partial charge in [-0.1, -0.05) is 6.07 Å². The van der Waals surface area contributed by atoms with Gasteiger partial charge in [-0.25, -0.2) is 8.42 Å². The minimum atomic E-state index is -3.85. The van der Waals surface area contributed by atoms with E-state index in [1.54, 1.807) is 24.9 Å². The van der Waals surface area contributed by atoms with Crippen LogP contribution in [-0.4, -0.2) is 45.0 Å². The Bertz CT molecular complexity index is 659. The highest BCUT2D eigenvalue weighted by atomic mass is 35.7. The van der Waals surface area contributed by atoms with Crippen LogP contribution in [0.25, 0.3) is 0 Å². The summed E-state index contributed by atoms with van der Waals surface area (Å²) in [6.07, 6.45) is 0.745. The first-order valence-corrected chi connectivity index (χ1v) is 8.97. The first-order chi connectivity index (χ1) is 9.71. The molecule has 0 radical (unpaired) electrons. The summed E-state index contributed by atoms with van der Waals surface area (Å²) >= 11 is 0. The zero-order valence-electron chi connectivity index (χ0n) is 12.2. The topological polar surface area (TPSA) is 63.7 Å². The molecule has 1 aliphatic heterocycles. The predicted molar refractivity (Wildman–Crippen MR) is 80.1 cm³/mol. The molecule has 5 nitrogen and oxygen atoms in total. The molecule has 21 heavy (non-hydrogen) atoms. The highest BCUT2D eigenvalue weighted by molar-refractivity contribution is 8.13. The third-order valence-corrected chi connectivity index (χ3v) is 5.23. The molecule has 2 rings (SSSR count). The minimum absolute atomic E-state index is 0.00633. The summed E-state index contributed by atoms with van der Waals surface area (Å²) in [6, 6.07) is 4.31. The van der Waals surface area contributed by atoms with Gasteiger partial charge in [0, 0.05) is 29.9 Å². The average Bonchev–Trinajstić information content (AvgIpc) is 2.82. The van der Waals surface area contributed by atoms with Crippen LogP contribution in [0.1, 0.15) is 29.3 Å². The Labute approximate surface area is 129 Å². The van der Waals surface area contributed by atoms with Gasteiger partial charge in [-0.3, -0.25) is 4.79 Å². The molecular formula is C14H18ClNO4S. The molecule has 1 aromatic rings. The summed E-state index contributed by atoms with van der Waals surface area (Å²) in [4.78, 5) is 14.2. The van der Waals surface area contributed by atoms with Crippen LogP contribution >= 0.6 is 10.7 Å². The molecular weight excluding hydrogens is 314 g/mol. The second kappa shape index (κ2) is 5.94. The molecule has 0 N–H and O–H groups in total. The Morgan fingerprint density at radius 1 is 1.43 bits per heavy atom. The number of hydrogen-bond acceptors (Lipinski definition) is 4. The second-order valence-corrected chi connectivity index (χ2v) is 7.83. The smallest absolute Gasteiger partial charge is 0.261 e. The molecule has 7 heteroatoms. The molecule has 1 aromatic carbocycles. The molecule has 1 aliphatic rings. The maximum Gasteiger partial charge on any atom is 0.261 e. The van der Waals surface area contributed by atoms with E-state index in [1.165, 1.54) is 12.1 Å². The maximum atomic E-state index is 12.6. The van der Waals surface area contributed by atoms with Crippen molar-refractivity contribution in [3.05, 3.63) is 29.3 Å². The highest BCUT2D eigenvalue weighted by Gasteiger charge is 2.31. The number of carbonyl (C=O) groups is 1. The van der Waals surface area contributed by atoms with Crippen LogP contribution in [0.4, 0.5) is 0 Å². The van der Waals surface area contributed by atoms with E-state index in [1.807, 2.05) is 6.92 Å². The Kier molecular flexibility index (Phi) is 4.60. The van der Waals surface area contributed by atoms with Gasteiger partial charge in [0.05, 0.1) is 17.0 Å². The van der Waals surface area contributed by atoms with Crippen LogP contribution in [0.15, 0.2) is 23.1 Å². The fraction of sp³-hybridized carbons (Fsp3) is 0.500. The van der Waals surface area contributed by atoms with E-state index in [2.05, 4.69) is 0 Å². The Morgan fingerprint density at radius 3 is 2.62 bits per heavy atom. The van der Waals surface area contributed by atoms with Crippen LogP contribution in [-0.2, 0) is 13.8 Å². The van der Waals surface area contributed by atoms with Crippen LogP contribution in [0.5, 0.6) is 0 Å². The third kappa shape index (κ3) is 3.39. The first kappa shape index (κ1) is 16.3. The van der Waals surface area contributed by atoms with Gasteiger partial charge in [-0.2, -0.15) is 0 Å². The van der Waals surface area contributed by atoms with E-state index in [4.69, 9.17) is 15.4 Å². The monoisotopic (exact) mass is 331 g/mol. The highest BCUT2D eigenvalue weighted by Crippen LogP contribution is 2.24. The van der Waals surface area contributed by atoms with Crippen molar-refractivity contribution in [1.82, 2.24) is 4.90 Å². The molecule has 0 aliphatic carbocycles. The van der Waals surface area contributed by atoms with Gasteiger partial charge >= 0.3 is 0 Å². The van der Waals surface area contributed by atoms with Gasteiger partial charge in [0.25, 0.3) is 15.0 Å². The number of ether oxygens (including phenoxy) is 1. The van der Waals surface area contributed by atoms with Crippen LogP contribution < -0.4 is 0 Å². The molecule has 1 fully saturated rings. The minimum Gasteiger partial charge on any atom is -0.376 e. The van der Waals surface area contributed by atoms with Crippen molar-refractivity contribution in [2.24, 2.45) is 0 Å². The fourth-order valence-electron chi connectivity index (χ4n) is 2.55. The Balaban J connectivity index is 2.34. The van der Waals surface area contributed by atoms with Crippen LogP contribution in [0.2, 0.25) is 0 Å². The van der Waals surface area contributed by atoms with Crippen molar-refractivity contribution in [3.8, 4) is 0 Å². The summed E-state index contributed by atoms with van der Waals surface area (Å²) in [5.41, 5.74) is 1.06. The van der Waals surface area contributed by atoms with Crippen molar-refractivity contribution in [2.75, 3.05) is 13.7 Å². The zero-order valence-corrected chi connectivity index (χ0v) is 13.7. The van der Waals surface area contributed by atoms with E-state index in [9.17, 15) is 13.2 Å². The summed E-state index contributed by atoms with van der Waals surface area (Å²) in [6.45, 7) is 4.31. The van der Waals surface area contributed by atoms with Gasteiger partial charge in [0.2, 0.25) is 0 Å². The molecule has 0 bridgehead atoms. The Morgan fingerprint density at radius 2 is 2.10 bits per heavy atom. The normalized spacial score (nSPS) is 22.3. The molecule has 0 saturated carbocycles. The van der Waals surface area contributed by atoms with Crippen molar-refractivity contribution < 1.29 is 17.9 Å². The molecule has 1 saturated heterocycles. The summed E-state index contributed by atoms with van der Waals surface area (Å²) in [5, 5.41) is 0. The van der Waals surface area contributed by atoms with Crippen molar-refractivity contribution in [1.29, 1.82) is 0 Å². The van der Waals surface area contributed by atoms with E-state index >= 15 is 0 Å². The number of halogens is 1. The van der Waals surface area contributed by atoms with Crippen molar-refractivity contribution in [3.63, 3.8) is 0 Å². The third-order valence-electron chi connectivity index (χ3n) is 3.88. The molecule has 1 amide bonds. The lowest BCUT2D eigenvalue weighted by molar-refractivity contribution is 0.0574. The fourth-order valence-corrected chi connectivity index (χ4v) is 3.33. The SMILES string of the molecule is Cc1ccc(S(=O)(=O)Cl)cc1C(=O)N(C)C1CCOC1C. The predicted octanol–water partition coefficient (Wildman–Crippen LogP) is 2.17. The van der Waals surface area contributed by atoms with E-state index in [0.29, 0.717) is 17.7 Å². The molecule has 2 unspecified atom stereocenters. The summed E-state index contributed by atoms with van der Waals surface area (Å²) in [7, 11) is 3.20. The van der Waals surface area contributed by atoms with Gasteiger partial charge in [0.1, 0.15) is 0 Å². The number of likely N-dealkylation sites (N-methyl/N-ethyl adjacent to an activating group) is 1. The number of nitrogens with zero attached hydrogens (tertiary/aromatic N) is 1. The van der Waals surface area contributed by atoms with Crippen molar-refractivity contribution in [2.45, 2.75) is 37.3 Å². The number of benzene rings is 1.